The molecule has 4 nitrogen and oxygen atoms in total. The first-order chi connectivity index (χ1) is 10.3. The number of nitrogens with zero attached hydrogens (tertiary/aromatic N) is 1. The molecule has 3 rings (SSSR count). The number of carbonyl (C=O) groups is 1. The van der Waals surface area contributed by atoms with Crippen molar-refractivity contribution in [2.24, 2.45) is 0 Å². The first-order valence-electron chi connectivity index (χ1n) is 8.02. The maximum Gasteiger partial charge on any atom is 0.256 e. The molecule has 1 aliphatic heterocycles. The van der Waals surface area contributed by atoms with Crippen LogP contribution in [0, 0.1) is 0 Å². The third kappa shape index (κ3) is 3.43. The molecule has 1 aliphatic carbocycles. The molecule has 1 amide bonds. The number of hydrogen-bond donors (Lipinski definition) is 1. The zero-order valence-corrected chi connectivity index (χ0v) is 13.1. The number of rotatable bonds is 4. The van der Waals surface area contributed by atoms with Crippen molar-refractivity contribution >= 4 is 17.5 Å². The van der Waals surface area contributed by atoms with Gasteiger partial charge in [0.15, 0.2) is 0 Å². The minimum absolute atomic E-state index is 0.135. The van der Waals surface area contributed by atoms with E-state index in [9.17, 15) is 4.79 Å². The van der Waals surface area contributed by atoms with E-state index in [0.29, 0.717) is 18.2 Å². The van der Waals surface area contributed by atoms with Gasteiger partial charge in [0.1, 0.15) is 0 Å². The maximum atomic E-state index is 12.1. The predicted molar refractivity (Wildman–Crippen MR) is 82.7 cm³/mol. The van der Waals surface area contributed by atoms with Crippen LogP contribution >= 0.6 is 11.6 Å². The molecular weight excluding hydrogens is 288 g/mol. The fourth-order valence-corrected chi connectivity index (χ4v) is 3.93. The Kier molecular flexibility index (Phi) is 4.86. The first kappa shape index (κ1) is 14.9. The topological polar surface area (TPSA) is 45.5 Å². The summed E-state index contributed by atoms with van der Waals surface area (Å²) in [6, 6.07) is 2.81. The smallest absolute Gasteiger partial charge is 0.256 e. The number of carbonyl (C=O) groups excluding carboxylic acids is 1. The second kappa shape index (κ2) is 6.84. The third-order valence-electron chi connectivity index (χ3n) is 4.83. The highest BCUT2D eigenvalue weighted by molar-refractivity contribution is 6.32. The molecule has 2 heterocycles. The van der Waals surface area contributed by atoms with Crippen molar-refractivity contribution in [3.63, 3.8) is 0 Å². The summed E-state index contributed by atoms with van der Waals surface area (Å²) in [5, 5.41) is 3.18. The Labute approximate surface area is 130 Å². The summed E-state index contributed by atoms with van der Waals surface area (Å²) in [5.74, 6) is -0.135. The Balaban J connectivity index is 1.54. The van der Waals surface area contributed by atoms with E-state index in [1.54, 1.807) is 6.07 Å². The molecule has 1 N–H and O–H groups in total. The van der Waals surface area contributed by atoms with Crippen molar-refractivity contribution in [1.29, 1.82) is 0 Å². The normalized spacial score (nSPS) is 24.3. The van der Waals surface area contributed by atoms with Gasteiger partial charge in [-0.05, 0) is 49.9 Å². The quantitative estimate of drug-likeness (QED) is 0.926. The average molecular weight is 311 g/mol. The number of amides is 1. The van der Waals surface area contributed by atoms with E-state index in [1.807, 2.05) is 0 Å². The van der Waals surface area contributed by atoms with Crippen molar-refractivity contribution in [3.8, 4) is 0 Å². The molecule has 1 atom stereocenters. The van der Waals surface area contributed by atoms with Crippen LogP contribution in [0.4, 0.5) is 0 Å². The van der Waals surface area contributed by atoms with E-state index >= 15 is 0 Å². The monoisotopic (exact) mass is 310 g/mol. The van der Waals surface area contributed by atoms with Crippen molar-refractivity contribution < 1.29 is 9.21 Å². The lowest BCUT2D eigenvalue weighted by atomic mass is 9.94. The minimum atomic E-state index is -0.135. The number of furan rings is 1. The van der Waals surface area contributed by atoms with E-state index in [0.717, 1.165) is 6.04 Å². The molecule has 1 saturated heterocycles. The third-order valence-corrected chi connectivity index (χ3v) is 5.12. The number of likely N-dealkylation sites (tertiary alicyclic amines) is 1. The zero-order chi connectivity index (χ0) is 14.7. The van der Waals surface area contributed by atoms with E-state index < -0.39 is 0 Å². The van der Waals surface area contributed by atoms with Gasteiger partial charge in [-0.25, -0.2) is 0 Å². The second-order valence-corrected chi connectivity index (χ2v) is 6.49. The summed E-state index contributed by atoms with van der Waals surface area (Å²) < 4.78 is 4.97. The molecule has 0 spiro atoms. The standard InChI is InChI=1S/C16H23ClN2O2/c17-15-14(8-10-21-15)16(20)18-11-13-7-4-9-19(13)12-5-2-1-3-6-12/h8,10,12-13H,1-7,9,11H2,(H,18,20)/t13-/m0/s1. The van der Waals surface area contributed by atoms with Crippen LogP contribution in [0.3, 0.4) is 0 Å². The largest absolute Gasteiger partial charge is 0.452 e. The van der Waals surface area contributed by atoms with Crippen LogP contribution in [0.25, 0.3) is 0 Å². The Hall–Kier alpha value is -1.00. The lowest BCUT2D eigenvalue weighted by Crippen LogP contribution is -2.45. The molecular formula is C16H23ClN2O2. The number of nitrogens with one attached hydrogen (secondary N) is 1. The van der Waals surface area contributed by atoms with Gasteiger partial charge in [0.25, 0.3) is 5.91 Å². The van der Waals surface area contributed by atoms with Crippen LogP contribution in [-0.2, 0) is 0 Å². The average Bonchev–Trinajstić information content (AvgIpc) is 3.14. The molecule has 116 valence electrons. The molecule has 5 heteroatoms. The highest BCUT2D eigenvalue weighted by atomic mass is 35.5. The van der Waals surface area contributed by atoms with Crippen LogP contribution in [-0.4, -0.2) is 36.0 Å². The van der Waals surface area contributed by atoms with E-state index in [1.165, 1.54) is 57.8 Å². The molecule has 0 bridgehead atoms. The van der Waals surface area contributed by atoms with Crippen LogP contribution in [0.5, 0.6) is 0 Å². The Morgan fingerprint density at radius 1 is 1.29 bits per heavy atom. The highest BCUT2D eigenvalue weighted by Gasteiger charge is 2.31. The van der Waals surface area contributed by atoms with Crippen LogP contribution < -0.4 is 5.32 Å². The fourth-order valence-electron chi connectivity index (χ4n) is 3.73. The van der Waals surface area contributed by atoms with E-state index in [-0.39, 0.29) is 11.1 Å². The molecule has 2 fully saturated rings. The van der Waals surface area contributed by atoms with Gasteiger partial charge in [0, 0.05) is 18.6 Å². The van der Waals surface area contributed by atoms with Crippen molar-refractivity contribution in [1.82, 2.24) is 10.2 Å². The summed E-state index contributed by atoms with van der Waals surface area (Å²) in [6.45, 7) is 1.88. The molecule has 1 aromatic rings. The van der Waals surface area contributed by atoms with Gasteiger partial charge in [-0.15, -0.1) is 0 Å². The van der Waals surface area contributed by atoms with Gasteiger partial charge in [-0.2, -0.15) is 0 Å². The molecule has 21 heavy (non-hydrogen) atoms. The fraction of sp³-hybridized carbons (Fsp3) is 0.688. The van der Waals surface area contributed by atoms with Crippen LogP contribution in [0.1, 0.15) is 55.3 Å². The van der Waals surface area contributed by atoms with Gasteiger partial charge >= 0.3 is 0 Å². The molecule has 0 aromatic carbocycles. The molecule has 1 saturated carbocycles. The Morgan fingerprint density at radius 2 is 2.10 bits per heavy atom. The van der Waals surface area contributed by atoms with Crippen molar-refractivity contribution in [3.05, 3.63) is 23.1 Å². The predicted octanol–water partition coefficient (Wildman–Crippen LogP) is 3.46. The SMILES string of the molecule is O=C(NC[C@@H]1CCCN1C1CCCCC1)c1ccoc1Cl. The van der Waals surface area contributed by atoms with Crippen molar-refractivity contribution in [2.45, 2.75) is 57.0 Å². The van der Waals surface area contributed by atoms with Gasteiger partial charge < -0.3 is 9.73 Å². The van der Waals surface area contributed by atoms with Crippen LogP contribution in [0.15, 0.2) is 16.7 Å². The van der Waals surface area contributed by atoms with Crippen molar-refractivity contribution in [2.75, 3.05) is 13.1 Å². The maximum absolute atomic E-state index is 12.1. The summed E-state index contributed by atoms with van der Waals surface area (Å²) in [4.78, 5) is 14.7. The van der Waals surface area contributed by atoms with Gasteiger partial charge in [-0.1, -0.05) is 19.3 Å². The summed E-state index contributed by atoms with van der Waals surface area (Å²) in [7, 11) is 0. The second-order valence-electron chi connectivity index (χ2n) is 6.14. The van der Waals surface area contributed by atoms with Gasteiger partial charge in [-0.3, -0.25) is 9.69 Å². The summed E-state index contributed by atoms with van der Waals surface area (Å²) >= 11 is 5.84. The first-order valence-corrected chi connectivity index (χ1v) is 8.40. The van der Waals surface area contributed by atoms with E-state index in [2.05, 4.69) is 10.2 Å². The molecule has 2 aliphatic rings. The molecule has 0 unspecified atom stereocenters. The molecule has 0 radical (unpaired) electrons. The number of halogens is 1. The Bertz CT molecular complexity index is 482. The lowest BCUT2D eigenvalue weighted by Gasteiger charge is -2.35. The van der Waals surface area contributed by atoms with E-state index in [4.69, 9.17) is 16.0 Å². The Morgan fingerprint density at radius 3 is 2.81 bits per heavy atom. The molecule has 1 aromatic heterocycles. The lowest BCUT2D eigenvalue weighted by molar-refractivity contribution is 0.0920. The minimum Gasteiger partial charge on any atom is -0.452 e. The highest BCUT2D eigenvalue weighted by Crippen LogP contribution is 2.29. The summed E-state index contributed by atoms with van der Waals surface area (Å²) in [5.41, 5.74) is 0.430. The summed E-state index contributed by atoms with van der Waals surface area (Å²) in [6.07, 6.45) is 10.6. The van der Waals surface area contributed by atoms with Gasteiger partial charge in [0.2, 0.25) is 5.22 Å². The zero-order valence-electron chi connectivity index (χ0n) is 12.3. The number of hydrogen-bond acceptors (Lipinski definition) is 3. The van der Waals surface area contributed by atoms with Gasteiger partial charge in [0.05, 0.1) is 11.8 Å². The van der Waals surface area contributed by atoms with Crippen LogP contribution in [0.2, 0.25) is 5.22 Å².